The molecule has 5 heteroatoms. The Hall–Kier alpha value is -2.69. The van der Waals surface area contributed by atoms with Crippen LogP contribution < -0.4 is 20.7 Å². The Morgan fingerprint density at radius 2 is 2.07 bits per heavy atom. The molecule has 2 aromatic rings. The number of nitrogens with one attached hydrogen (secondary N) is 1. The molecule has 0 bridgehead atoms. The van der Waals surface area contributed by atoms with Crippen molar-refractivity contribution in [1.29, 1.82) is 0 Å². The minimum absolute atomic E-state index is 0.478. The average Bonchev–Trinajstić information content (AvgIpc) is 3.15. The van der Waals surface area contributed by atoms with E-state index >= 15 is 0 Å². The summed E-state index contributed by atoms with van der Waals surface area (Å²) in [5.74, 6) is 2.39. The van der Waals surface area contributed by atoms with Gasteiger partial charge in [0.25, 0.3) is 0 Å². The van der Waals surface area contributed by atoms with Gasteiger partial charge in [-0.05, 0) is 48.1 Å². The molecular weight excluding hydrogens is 336 g/mol. The van der Waals surface area contributed by atoms with Crippen LogP contribution in [0.1, 0.15) is 31.7 Å². The fourth-order valence-corrected chi connectivity index (χ4v) is 3.48. The second-order valence-electron chi connectivity index (χ2n) is 7.40. The third-order valence-electron chi connectivity index (χ3n) is 5.06. The summed E-state index contributed by atoms with van der Waals surface area (Å²) in [6.45, 7) is 7.09. The van der Waals surface area contributed by atoms with Crippen LogP contribution in [0.15, 0.2) is 53.5 Å². The van der Waals surface area contributed by atoms with Crippen molar-refractivity contribution in [3.05, 3.63) is 54.1 Å². The molecule has 3 N–H and O–H groups in total. The van der Waals surface area contributed by atoms with E-state index in [2.05, 4.69) is 53.3 Å². The van der Waals surface area contributed by atoms with Gasteiger partial charge in [0.15, 0.2) is 5.96 Å². The maximum atomic E-state index is 6.11. The SMILES string of the molecule is COc1ccccc1N1CCC(CN=C(N)Nc2cccc(C(C)C)c2)C1. The number of para-hydroxylation sites is 2. The zero-order valence-corrected chi connectivity index (χ0v) is 16.5. The number of hydrogen-bond acceptors (Lipinski definition) is 3. The Morgan fingerprint density at radius 3 is 2.85 bits per heavy atom. The molecule has 27 heavy (non-hydrogen) atoms. The highest BCUT2D eigenvalue weighted by Crippen LogP contribution is 2.32. The molecule has 0 aliphatic carbocycles. The first-order valence-electron chi connectivity index (χ1n) is 9.61. The number of methoxy groups -OCH3 is 1. The van der Waals surface area contributed by atoms with Gasteiger partial charge in [0.05, 0.1) is 12.8 Å². The molecular formula is C22H30N4O. The molecule has 3 rings (SSSR count). The van der Waals surface area contributed by atoms with Crippen molar-refractivity contribution in [2.45, 2.75) is 26.2 Å². The molecule has 144 valence electrons. The van der Waals surface area contributed by atoms with Crippen molar-refractivity contribution in [2.75, 3.05) is 37.0 Å². The quantitative estimate of drug-likeness (QED) is 0.597. The van der Waals surface area contributed by atoms with Gasteiger partial charge >= 0.3 is 0 Å². The lowest BCUT2D eigenvalue weighted by Gasteiger charge is -2.21. The average molecular weight is 367 g/mol. The summed E-state index contributed by atoms with van der Waals surface area (Å²) in [7, 11) is 1.72. The normalized spacial score (nSPS) is 17.4. The second-order valence-corrected chi connectivity index (χ2v) is 7.40. The van der Waals surface area contributed by atoms with Crippen LogP contribution >= 0.6 is 0 Å². The lowest BCUT2D eigenvalue weighted by Crippen LogP contribution is -2.25. The number of aliphatic imine (C=N–C) groups is 1. The van der Waals surface area contributed by atoms with E-state index in [9.17, 15) is 0 Å². The molecule has 1 aliphatic rings. The molecule has 1 heterocycles. The van der Waals surface area contributed by atoms with E-state index in [4.69, 9.17) is 10.5 Å². The van der Waals surface area contributed by atoms with Crippen LogP contribution in [0.5, 0.6) is 5.75 Å². The summed E-state index contributed by atoms with van der Waals surface area (Å²) in [6, 6.07) is 16.5. The predicted molar refractivity (Wildman–Crippen MR) is 114 cm³/mol. The van der Waals surface area contributed by atoms with Gasteiger partial charge in [-0.15, -0.1) is 0 Å². The first-order chi connectivity index (χ1) is 13.1. The van der Waals surface area contributed by atoms with E-state index in [0.29, 0.717) is 17.8 Å². The first kappa shape index (κ1) is 19.1. The number of nitrogens with zero attached hydrogens (tertiary/aromatic N) is 2. The van der Waals surface area contributed by atoms with Gasteiger partial charge in [-0.3, -0.25) is 4.99 Å². The summed E-state index contributed by atoms with van der Waals surface area (Å²) < 4.78 is 5.48. The second kappa shape index (κ2) is 8.80. The molecule has 0 aromatic heterocycles. The van der Waals surface area contributed by atoms with E-state index in [0.717, 1.165) is 43.2 Å². The van der Waals surface area contributed by atoms with E-state index in [1.54, 1.807) is 7.11 Å². The monoisotopic (exact) mass is 366 g/mol. The van der Waals surface area contributed by atoms with Gasteiger partial charge < -0.3 is 20.7 Å². The van der Waals surface area contributed by atoms with Gasteiger partial charge in [-0.1, -0.05) is 38.1 Å². The molecule has 2 aromatic carbocycles. The van der Waals surface area contributed by atoms with Gasteiger partial charge in [0.2, 0.25) is 0 Å². The lowest BCUT2D eigenvalue weighted by molar-refractivity contribution is 0.414. The molecule has 0 amide bonds. The summed E-state index contributed by atoms with van der Waals surface area (Å²) in [5.41, 5.74) is 9.54. The van der Waals surface area contributed by atoms with Crippen molar-refractivity contribution >= 4 is 17.3 Å². The Balaban J connectivity index is 1.56. The molecule has 0 saturated carbocycles. The lowest BCUT2D eigenvalue weighted by atomic mass is 10.0. The number of rotatable bonds is 6. The van der Waals surface area contributed by atoms with Gasteiger partial charge in [-0.2, -0.15) is 0 Å². The standard InChI is InChI=1S/C22H30N4O/c1-16(2)18-7-6-8-19(13-18)25-22(23)24-14-17-11-12-26(15-17)20-9-4-5-10-21(20)27-3/h4-10,13,16-17H,11-12,14-15H2,1-3H3,(H3,23,24,25). The third-order valence-corrected chi connectivity index (χ3v) is 5.06. The minimum atomic E-state index is 0.478. The number of nitrogens with two attached hydrogens (primary N) is 1. The van der Waals surface area contributed by atoms with E-state index in [1.807, 2.05) is 24.3 Å². The maximum Gasteiger partial charge on any atom is 0.193 e. The Labute approximate surface area is 162 Å². The van der Waals surface area contributed by atoms with Crippen LogP contribution in [0.25, 0.3) is 0 Å². The highest BCUT2D eigenvalue weighted by Gasteiger charge is 2.24. The highest BCUT2D eigenvalue weighted by molar-refractivity contribution is 5.92. The molecule has 0 spiro atoms. The number of anilines is 2. The fraction of sp³-hybridized carbons (Fsp3) is 0.409. The zero-order valence-electron chi connectivity index (χ0n) is 16.5. The largest absolute Gasteiger partial charge is 0.495 e. The Morgan fingerprint density at radius 1 is 1.26 bits per heavy atom. The van der Waals surface area contributed by atoms with Crippen molar-refractivity contribution in [1.82, 2.24) is 0 Å². The van der Waals surface area contributed by atoms with Gasteiger partial charge in [0, 0.05) is 25.3 Å². The van der Waals surface area contributed by atoms with Crippen LogP contribution in [0.3, 0.4) is 0 Å². The van der Waals surface area contributed by atoms with Crippen molar-refractivity contribution < 1.29 is 4.74 Å². The fourth-order valence-electron chi connectivity index (χ4n) is 3.48. The topological polar surface area (TPSA) is 62.9 Å². The van der Waals surface area contributed by atoms with E-state index in [-0.39, 0.29) is 0 Å². The summed E-state index contributed by atoms with van der Waals surface area (Å²) in [6.07, 6.45) is 1.11. The number of hydrogen-bond donors (Lipinski definition) is 2. The minimum Gasteiger partial charge on any atom is -0.495 e. The van der Waals surface area contributed by atoms with Crippen molar-refractivity contribution in [2.24, 2.45) is 16.6 Å². The van der Waals surface area contributed by atoms with Crippen LogP contribution in [-0.4, -0.2) is 32.7 Å². The van der Waals surface area contributed by atoms with Gasteiger partial charge in [0.1, 0.15) is 5.75 Å². The summed E-state index contributed by atoms with van der Waals surface area (Å²) in [5, 5.41) is 3.22. The van der Waals surface area contributed by atoms with Crippen molar-refractivity contribution in [3.63, 3.8) is 0 Å². The van der Waals surface area contributed by atoms with Crippen LogP contribution in [-0.2, 0) is 0 Å². The van der Waals surface area contributed by atoms with E-state index in [1.165, 1.54) is 5.56 Å². The number of ether oxygens (including phenoxy) is 1. The molecule has 1 fully saturated rings. The summed E-state index contributed by atoms with van der Waals surface area (Å²) >= 11 is 0. The molecule has 0 radical (unpaired) electrons. The van der Waals surface area contributed by atoms with Gasteiger partial charge in [-0.25, -0.2) is 0 Å². The van der Waals surface area contributed by atoms with Crippen LogP contribution in [0, 0.1) is 5.92 Å². The molecule has 1 aliphatic heterocycles. The molecule has 5 nitrogen and oxygen atoms in total. The molecule has 1 unspecified atom stereocenters. The number of guanidine groups is 1. The maximum absolute atomic E-state index is 6.11. The third kappa shape index (κ3) is 4.94. The van der Waals surface area contributed by atoms with Crippen LogP contribution in [0.4, 0.5) is 11.4 Å². The Kier molecular flexibility index (Phi) is 6.22. The molecule has 1 atom stereocenters. The smallest absolute Gasteiger partial charge is 0.193 e. The van der Waals surface area contributed by atoms with E-state index < -0.39 is 0 Å². The highest BCUT2D eigenvalue weighted by atomic mass is 16.5. The zero-order chi connectivity index (χ0) is 19.2. The first-order valence-corrected chi connectivity index (χ1v) is 9.61. The Bertz CT molecular complexity index is 787. The predicted octanol–water partition coefficient (Wildman–Crippen LogP) is 4.07. The number of benzene rings is 2. The van der Waals surface area contributed by atoms with Crippen LogP contribution in [0.2, 0.25) is 0 Å². The molecule has 1 saturated heterocycles. The van der Waals surface area contributed by atoms with Crippen molar-refractivity contribution in [3.8, 4) is 5.75 Å². The summed E-state index contributed by atoms with van der Waals surface area (Å²) in [4.78, 5) is 6.94.